The molecule has 0 aliphatic carbocycles. The molecule has 1 fully saturated rings. The van der Waals surface area contributed by atoms with Crippen molar-refractivity contribution in [1.29, 1.82) is 0 Å². The Kier molecular flexibility index (Phi) is 9.37. The summed E-state index contributed by atoms with van der Waals surface area (Å²) in [5, 5.41) is 13.2. The van der Waals surface area contributed by atoms with E-state index >= 15 is 0 Å². The van der Waals surface area contributed by atoms with Gasteiger partial charge in [-0.15, -0.1) is 0 Å². The van der Waals surface area contributed by atoms with Crippen LogP contribution >= 0.6 is 0 Å². The molecule has 0 saturated carbocycles. The van der Waals surface area contributed by atoms with E-state index in [2.05, 4.69) is 20.8 Å². The number of piperidine rings is 1. The van der Waals surface area contributed by atoms with Crippen LogP contribution in [-0.4, -0.2) is 71.8 Å². The fourth-order valence-electron chi connectivity index (χ4n) is 5.94. The quantitative estimate of drug-likeness (QED) is 0.308. The molecule has 3 N–H and O–H groups in total. The van der Waals surface area contributed by atoms with Crippen LogP contribution in [-0.2, 0) is 22.6 Å². The zero-order chi connectivity index (χ0) is 32.9. The van der Waals surface area contributed by atoms with Crippen LogP contribution in [0.15, 0.2) is 66.7 Å². The third-order valence-electron chi connectivity index (χ3n) is 8.33. The van der Waals surface area contributed by atoms with E-state index in [1.807, 2.05) is 36.4 Å². The number of H-pyrrole nitrogens is 1. The molecule has 4 aromatic rings. The van der Waals surface area contributed by atoms with Gasteiger partial charge < -0.3 is 29.7 Å². The summed E-state index contributed by atoms with van der Waals surface area (Å²) in [6.07, 6.45) is 0.386. The molecular weight excluding hydrogens is 605 g/mol. The fraction of sp³-hybridized carbons (Fsp3) is 0.314. The predicted octanol–water partition coefficient (Wildman–Crippen LogP) is 3.95. The van der Waals surface area contributed by atoms with Crippen LogP contribution in [0.25, 0.3) is 11.3 Å². The van der Waals surface area contributed by atoms with Gasteiger partial charge in [0.2, 0.25) is 5.91 Å². The summed E-state index contributed by atoms with van der Waals surface area (Å²) in [7, 11) is 1.51. The van der Waals surface area contributed by atoms with Crippen molar-refractivity contribution in [3.8, 4) is 28.5 Å². The molecule has 0 unspecified atom stereocenters. The Balaban J connectivity index is 1.28. The number of hydrogen-bond donors (Lipinski definition) is 3. The van der Waals surface area contributed by atoms with Crippen LogP contribution in [0, 0.1) is 12.7 Å². The molecule has 2 aliphatic heterocycles. The van der Waals surface area contributed by atoms with Gasteiger partial charge in [-0.2, -0.15) is 5.10 Å². The lowest BCUT2D eigenvalue weighted by molar-refractivity contribution is -0.125. The molecule has 3 aromatic carbocycles. The minimum Gasteiger partial charge on any atom is -0.493 e. The molecule has 4 bridgehead atoms. The van der Waals surface area contributed by atoms with Gasteiger partial charge in [0.15, 0.2) is 18.1 Å². The van der Waals surface area contributed by atoms with E-state index in [4.69, 9.17) is 14.2 Å². The Morgan fingerprint density at radius 2 is 1.85 bits per heavy atom. The van der Waals surface area contributed by atoms with E-state index in [-0.39, 0.29) is 43.7 Å². The van der Waals surface area contributed by atoms with Gasteiger partial charge in [-0.05, 0) is 48.7 Å². The molecule has 2 aliphatic rings. The lowest BCUT2D eigenvalue weighted by Crippen LogP contribution is -2.58. The summed E-state index contributed by atoms with van der Waals surface area (Å²) in [6, 6.07) is 18.4. The van der Waals surface area contributed by atoms with Crippen LogP contribution in [0.2, 0.25) is 0 Å². The number of carbonyl (C=O) groups is 3. The second-order valence-corrected chi connectivity index (χ2v) is 11.7. The van der Waals surface area contributed by atoms with Crippen LogP contribution in [0.5, 0.6) is 17.2 Å². The molecule has 2 atom stereocenters. The SMILES string of the molecule is COc1ccc2cc1OCC(=O)N[C@@H]1CN(C(=O)c3c(-c4ccccc4)n[nH]c3C)CC[C@H]1Oc1cc(F)cc(c1)CNC(=O)CC2. The lowest BCUT2D eigenvalue weighted by atomic mass is 9.99. The molecule has 11 nitrogen and oxygen atoms in total. The van der Waals surface area contributed by atoms with Gasteiger partial charge in [-0.25, -0.2) is 4.39 Å². The number of hydrogen-bond acceptors (Lipinski definition) is 7. The molecule has 1 aromatic heterocycles. The maximum Gasteiger partial charge on any atom is 0.258 e. The first-order valence-corrected chi connectivity index (χ1v) is 15.5. The van der Waals surface area contributed by atoms with Crippen LogP contribution < -0.4 is 24.8 Å². The zero-order valence-corrected chi connectivity index (χ0v) is 26.2. The third-order valence-corrected chi connectivity index (χ3v) is 8.33. The van der Waals surface area contributed by atoms with E-state index in [1.54, 1.807) is 30.0 Å². The van der Waals surface area contributed by atoms with Gasteiger partial charge in [-0.1, -0.05) is 36.4 Å². The number of methoxy groups -OCH3 is 1. The van der Waals surface area contributed by atoms with Crippen molar-refractivity contribution in [1.82, 2.24) is 25.7 Å². The summed E-state index contributed by atoms with van der Waals surface area (Å²) in [5.74, 6) is -0.315. The first-order chi connectivity index (χ1) is 22.8. The fourth-order valence-corrected chi connectivity index (χ4v) is 5.94. The first-order valence-electron chi connectivity index (χ1n) is 15.5. The lowest BCUT2D eigenvalue weighted by Gasteiger charge is -2.39. The standard InChI is InChI=1S/C35H36FN5O6/c1-21-33(34(40-39-21)24-6-4-3-5-7-24)35(44)41-13-12-28-27(19-41)38-32(43)20-46-30-16-22(8-10-29(30)45-2)9-11-31(42)37-18-23-14-25(36)17-26(15-23)47-28/h3-8,10,14-17,27-28H,9,11-13,18-20H2,1-2H3,(H,37,42)(H,38,43)(H,39,40)/t27-,28-/m1/s1. The topological polar surface area (TPSA) is 135 Å². The molecule has 3 amide bonds. The third kappa shape index (κ3) is 7.37. The number of rotatable bonds is 3. The number of aromatic amines is 1. The van der Waals surface area contributed by atoms with Crippen LogP contribution in [0.3, 0.4) is 0 Å². The molecule has 12 heteroatoms. The molecular formula is C35H36FN5O6. The van der Waals surface area contributed by atoms with Crippen LogP contribution in [0.4, 0.5) is 4.39 Å². The number of aryl methyl sites for hydroxylation is 2. The van der Waals surface area contributed by atoms with Gasteiger partial charge in [0.05, 0.1) is 18.7 Å². The van der Waals surface area contributed by atoms with Crippen molar-refractivity contribution >= 4 is 17.7 Å². The average molecular weight is 642 g/mol. The number of aromatic nitrogens is 2. The van der Waals surface area contributed by atoms with Gasteiger partial charge in [0.25, 0.3) is 11.8 Å². The number of likely N-dealkylation sites (tertiary alicyclic amines) is 1. The predicted molar refractivity (Wildman–Crippen MR) is 171 cm³/mol. The minimum absolute atomic E-state index is 0.116. The number of nitrogens with zero attached hydrogens (tertiary/aromatic N) is 2. The van der Waals surface area contributed by atoms with Crippen molar-refractivity contribution in [3.63, 3.8) is 0 Å². The van der Waals surface area contributed by atoms with Crippen molar-refractivity contribution in [2.45, 2.75) is 44.9 Å². The molecule has 244 valence electrons. The van der Waals surface area contributed by atoms with E-state index in [0.29, 0.717) is 53.4 Å². The number of nitrogens with one attached hydrogen (secondary N) is 3. The molecule has 3 heterocycles. The summed E-state index contributed by atoms with van der Waals surface area (Å²) in [5.41, 5.74) is 3.79. The Bertz CT molecular complexity index is 1780. The van der Waals surface area contributed by atoms with Gasteiger partial charge >= 0.3 is 0 Å². The number of benzene rings is 3. The molecule has 1 saturated heterocycles. The van der Waals surface area contributed by atoms with E-state index in [0.717, 1.165) is 11.1 Å². The van der Waals surface area contributed by atoms with Gasteiger partial charge in [0, 0.05) is 49.8 Å². The maximum absolute atomic E-state index is 14.7. The highest BCUT2D eigenvalue weighted by atomic mass is 19.1. The van der Waals surface area contributed by atoms with Gasteiger partial charge in [0.1, 0.15) is 23.4 Å². The Hall–Kier alpha value is -5.39. The van der Waals surface area contributed by atoms with Crippen molar-refractivity contribution in [2.24, 2.45) is 0 Å². The monoisotopic (exact) mass is 641 g/mol. The Morgan fingerprint density at radius 1 is 1.02 bits per heavy atom. The minimum atomic E-state index is -0.658. The second kappa shape index (κ2) is 13.9. The number of amides is 3. The number of carbonyl (C=O) groups excluding carboxylic acids is 3. The highest BCUT2D eigenvalue weighted by Gasteiger charge is 2.36. The molecule has 0 spiro atoms. The second-order valence-electron chi connectivity index (χ2n) is 11.7. The van der Waals surface area contributed by atoms with E-state index in [9.17, 15) is 18.8 Å². The Labute approximate surface area is 271 Å². The number of halogens is 1. The van der Waals surface area contributed by atoms with Gasteiger partial charge in [-0.3, -0.25) is 19.5 Å². The first kappa shape index (κ1) is 31.6. The summed E-state index contributed by atoms with van der Waals surface area (Å²) in [4.78, 5) is 41.6. The van der Waals surface area contributed by atoms with Crippen molar-refractivity contribution in [2.75, 3.05) is 26.8 Å². The largest absolute Gasteiger partial charge is 0.493 e. The zero-order valence-electron chi connectivity index (χ0n) is 26.2. The summed E-state index contributed by atoms with van der Waals surface area (Å²) < 4.78 is 32.3. The smallest absolute Gasteiger partial charge is 0.258 e. The number of fused-ring (bicyclic) bond motifs is 5. The molecule has 47 heavy (non-hydrogen) atoms. The van der Waals surface area contributed by atoms with E-state index < -0.39 is 23.9 Å². The molecule has 6 rings (SSSR count). The van der Waals surface area contributed by atoms with Crippen molar-refractivity contribution in [3.05, 3.63) is 94.9 Å². The highest BCUT2D eigenvalue weighted by molar-refractivity contribution is 6.01. The average Bonchev–Trinajstić information content (AvgIpc) is 3.46. The Morgan fingerprint density at radius 3 is 2.66 bits per heavy atom. The van der Waals surface area contributed by atoms with Crippen molar-refractivity contribution < 1.29 is 33.0 Å². The number of ether oxygens (including phenoxy) is 3. The summed E-state index contributed by atoms with van der Waals surface area (Å²) in [6.45, 7) is 2.04. The van der Waals surface area contributed by atoms with Crippen LogP contribution in [0.1, 0.15) is 40.0 Å². The highest BCUT2D eigenvalue weighted by Crippen LogP contribution is 2.30. The molecule has 0 radical (unpaired) electrons. The summed E-state index contributed by atoms with van der Waals surface area (Å²) >= 11 is 0. The maximum atomic E-state index is 14.7. The normalized spacial score (nSPS) is 18.7. The van der Waals surface area contributed by atoms with E-state index in [1.165, 1.54) is 19.2 Å².